The molecule has 3 rings (SSSR count). The molecule has 2 bridgehead atoms. The van der Waals surface area contributed by atoms with Gasteiger partial charge in [0.05, 0.1) is 10.6 Å². The third-order valence-electron chi connectivity index (χ3n) is 6.56. The van der Waals surface area contributed by atoms with Crippen molar-refractivity contribution in [2.45, 2.75) is 84.1 Å². The van der Waals surface area contributed by atoms with Gasteiger partial charge >= 0.3 is 0 Å². The van der Waals surface area contributed by atoms with Crippen molar-refractivity contribution in [3.8, 4) is 0 Å². The van der Waals surface area contributed by atoms with Crippen LogP contribution in [0.5, 0.6) is 0 Å². The molecule has 162 valence electrons. The van der Waals surface area contributed by atoms with Crippen LogP contribution in [0.15, 0.2) is 18.2 Å². The van der Waals surface area contributed by atoms with Gasteiger partial charge in [0, 0.05) is 12.1 Å². The van der Waals surface area contributed by atoms with Crippen LogP contribution in [-0.2, 0) is 6.42 Å². The SMILES string of the molecule is CC(C)(C)NCCCc1ccc(Cl)c(C(=O)NCC23CCCC(CCC2)C3)c1.[CH2]. The van der Waals surface area contributed by atoms with E-state index in [1.165, 1.54) is 50.5 Å². The summed E-state index contributed by atoms with van der Waals surface area (Å²) < 4.78 is 0. The highest BCUT2D eigenvalue weighted by molar-refractivity contribution is 6.33. The predicted octanol–water partition coefficient (Wildman–Crippen LogP) is 6.08. The zero-order valence-corrected chi connectivity index (χ0v) is 19.3. The fourth-order valence-corrected chi connectivity index (χ4v) is 5.29. The first-order valence-electron chi connectivity index (χ1n) is 11.1. The van der Waals surface area contributed by atoms with Gasteiger partial charge in [-0.25, -0.2) is 0 Å². The number of carbonyl (C=O) groups is 1. The van der Waals surface area contributed by atoms with Crippen LogP contribution in [0, 0.1) is 18.8 Å². The molecule has 0 saturated heterocycles. The van der Waals surface area contributed by atoms with Crippen molar-refractivity contribution >= 4 is 17.5 Å². The van der Waals surface area contributed by atoms with Crippen molar-refractivity contribution in [3.63, 3.8) is 0 Å². The molecule has 2 radical (unpaired) electrons. The van der Waals surface area contributed by atoms with Crippen molar-refractivity contribution < 1.29 is 4.79 Å². The van der Waals surface area contributed by atoms with Gasteiger partial charge in [-0.1, -0.05) is 50.8 Å². The molecule has 1 aromatic rings. The summed E-state index contributed by atoms with van der Waals surface area (Å²) >= 11 is 6.36. The fourth-order valence-electron chi connectivity index (χ4n) is 5.09. The smallest absolute Gasteiger partial charge is 0.252 e. The van der Waals surface area contributed by atoms with E-state index in [-0.39, 0.29) is 18.9 Å². The van der Waals surface area contributed by atoms with Crippen molar-refractivity contribution in [2.24, 2.45) is 11.3 Å². The van der Waals surface area contributed by atoms with Crippen LogP contribution in [0.1, 0.15) is 88.1 Å². The van der Waals surface area contributed by atoms with Gasteiger partial charge < -0.3 is 10.6 Å². The maximum Gasteiger partial charge on any atom is 0.252 e. The average Bonchev–Trinajstić information content (AvgIpc) is 2.64. The van der Waals surface area contributed by atoms with Crippen molar-refractivity contribution in [1.29, 1.82) is 0 Å². The first kappa shape index (κ1) is 24.2. The Kier molecular flexibility index (Phi) is 8.60. The van der Waals surface area contributed by atoms with E-state index in [4.69, 9.17) is 11.6 Å². The van der Waals surface area contributed by atoms with Gasteiger partial charge in [-0.2, -0.15) is 0 Å². The number of amides is 1. The monoisotopic (exact) mass is 418 g/mol. The summed E-state index contributed by atoms with van der Waals surface area (Å²) in [6.45, 7) is 8.31. The van der Waals surface area contributed by atoms with Gasteiger partial charge in [-0.3, -0.25) is 4.79 Å². The average molecular weight is 419 g/mol. The topological polar surface area (TPSA) is 41.1 Å². The number of hydrogen-bond acceptors (Lipinski definition) is 2. The van der Waals surface area contributed by atoms with Crippen LogP contribution in [0.25, 0.3) is 0 Å². The molecule has 2 aliphatic carbocycles. The number of fused-ring (bicyclic) bond motifs is 2. The summed E-state index contributed by atoms with van der Waals surface area (Å²) in [4.78, 5) is 12.9. The summed E-state index contributed by atoms with van der Waals surface area (Å²) in [6.07, 6.45) is 11.2. The minimum absolute atomic E-state index is 0. The predicted molar refractivity (Wildman–Crippen MR) is 123 cm³/mol. The van der Waals surface area contributed by atoms with Crippen molar-refractivity contribution in [1.82, 2.24) is 10.6 Å². The summed E-state index contributed by atoms with van der Waals surface area (Å²) in [5.74, 6) is 0.870. The molecule has 4 heteroatoms. The second kappa shape index (κ2) is 10.3. The summed E-state index contributed by atoms with van der Waals surface area (Å²) in [5.41, 5.74) is 2.28. The molecule has 2 saturated carbocycles. The maximum atomic E-state index is 12.9. The van der Waals surface area contributed by atoms with Gasteiger partial charge in [0.1, 0.15) is 0 Å². The van der Waals surface area contributed by atoms with E-state index >= 15 is 0 Å². The molecular formula is C25H39ClN2O. The molecule has 1 aromatic carbocycles. The molecule has 2 N–H and O–H groups in total. The number of nitrogens with one attached hydrogen (secondary N) is 2. The Labute approximate surface area is 183 Å². The molecule has 3 nitrogen and oxygen atoms in total. The fraction of sp³-hybridized carbons (Fsp3) is 0.680. The first-order valence-corrected chi connectivity index (χ1v) is 11.5. The number of halogens is 1. The zero-order valence-electron chi connectivity index (χ0n) is 18.6. The van der Waals surface area contributed by atoms with E-state index in [0.717, 1.165) is 31.8 Å². The first-order chi connectivity index (χ1) is 13.3. The number of rotatable bonds is 7. The van der Waals surface area contributed by atoms with Crippen LogP contribution in [-0.4, -0.2) is 24.5 Å². The largest absolute Gasteiger partial charge is 0.351 e. The molecule has 2 fully saturated rings. The van der Waals surface area contributed by atoms with E-state index < -0.39 is 0 Å². The Balaban J connectivity index is 0.00000300. The normalized spacial score (nSPS) is 23.9. The highest BCUT2D eigenvalue weighted by Gasteiger charge is 2.39. The van der Waals surface area contributed by atoms with E-state index in [0.29, 0.717) is 16.0 Å². The quantitative estimate of drug-likeness (QED) is 0.527. The van der Waals surface area contributed by atoms with Gasteiger partial charge in [-0.15, -0.1) is 0 Å². The Morgan fingerprint density at radius 1 is 1.21 bits per heavy atom. The molecule has 29 heavy (non-hydrogen) atoms. The summed E-state index contributed by atoms with van der Waals surface area (Å²) in [6, 6.07) is 5.90. The van der Waals surface area contributed by atoms with Gasteiger partial charge in [-0.05, 0) is 88.4 Å². The zero-order chi connectivity index (χ0) is 20.2. The molecule has 0 aromatic heterocycles. The Hall–Kier alpha value is -1.06. The highest BCUT2D eigenvalue weighted by Crippen LogP contribution is 2.48. The van der Waals surface area contributed by atoms with Crippen LogP contribution < -0.4 is 10.6 Å². The molecule has 0 spiro atoms. The molecule has 0 atom stereocenters. The molecule has 0 unspecified atom stereocenters. The van der Waals surface area contributed by atoms with Crippen molar-refractivity contribution in [3.05, 3.63) is 41.8 Å². The van der Waals surface area contributed by atoms with E-state index in [1.807, 2.05) is 18.2 Å². The third kappa shape index (κ3) is 7.00. The summed E-state index contributed by atoms with van der Waals surface area (Å²) in [7, 11) is 0. The lowest BCUT2D eigenvalue weighted by Crippen LogP contribution is -2.43. The van der Waals surface area contributed by atoms with Gasteiger partial charge in [0.2, 0.25) is 0 Å². The standard InChI is InChI=1S/C24H37ClN2O.CH2/c1-23(2,3)27-14-6-9-18-10-11-21(25)20(15-18)22(28)26-17-24-12-4-7-19(16-24)8-5-13-24;/h10-11,15,19,27H,4-9,12-14,16-17H2,1-3H3,(H,26,28);1H2. The van der Waals surface area contributed by atoms with E-state index in [9.17, 15) is 4.79 Å². The molecule has 1 amide bonds. The van der Waals surface area contributed by atoms with Crippen LogP contribution in [0.3, 0.4) is 0 Å². The minimum atomic E-state index is -0.0123. The molecule has 0 heterocycles. The lowest BCUT2D eigenvalue weighted by atomic mass is 9.62. The van der Waals surface area contributed by atoms with E-state index in [2.05, 4.69) is 31.4 Å². The maximum absolute atomic E-state index is 12.9. The Bertz CT molecular complexity index is 670. The van der Waals surface area contributed by atoms with Gasteiger partial charge in [0.15, 0.2) is 0 Å². The summed E-state index contributed by atoms with van der Waals surface area (Å²) in [5, 5.41) is 7.30. The highest BCUT2D eigenvalue weighted by atomic mass is 35.5. The molecule has 2 aliphatic rings. The van der Waals surface area contributed by atoms with Crippen LogP contribution in [0.2, 0.25) is 5.02 Å². The molecular weight excluding hydrogens is 380 g/mol. The lowest BCUT2D eigenvalue weighted by molar-refractivity contribution is 0.0682. The van der Waals surface area contributed by atoms with Crippen LogP contribution in [0.4, 0.5) is 0 Å². The number of aryl methyl sites for hydroxylation is 1. The number of hydrogen-bond donors (Lipinski definition) is 2. The number of benzene rings is 1. The second-order valence-corrected chi connectivity index (χ2v) is 10.5. The van der Waals surface area contributed by atoms with Gasteiger partial charge in [0.25, 0.3) is 5.91 Å². The minimum Gasteiger partial charge on any atom is -0.351 e. The third-order valence-corrected chi connectivity index (χ3v) is 6.89. The lowest BCUT2D eigenvalue weighted by Gasteiger charge is -2.45. The Morgan fingerprint density at radius 2 is 1.90 bits per heavy atom. The van der Waals surface area contributed by atoms with E-state index in [1.54, 1.807) is 0 Å². The Morgan fingerprint density at radius 3 is 2.55 bits per heavy atom. The molecule has 0 aliphatic heterocycles. The van der Waals surface area contributed by atoms with Crippen LogP contribution >= 0.6 is 11.6 Å². The van der Waals surface area contributed by atoms with Crippen molar-refractivity contribution in [2.75, 3.05) is 13.1 Å². The number of carbonyl (C=O) groups excluding carboxylic acids is 1. The second-order valence-electron chi connectivity index (χ2n) is 10.1.